The van der Waals surface area contributed by atoms with Crippen molar-refractivity contribution in [2.45, 2.75) is 32.6 Å². The maximum atomic E-state index is 13.0. The van der Waals surface area contributed by atoms with E-state index in [4.69, 9.17) is 11.6 Å². The van der Waals surface area contributed by atoms with E-state index in [9.17, 15) is 4.39 Å². The Labute approximate surface area is 107 Å². The smallest absolute Gasteiger partial charge is 0.124 e. The minimum atomic E-state index is -0.256. The van der Waals surface area contributed by atoms with Gasteiger partial charge in [0.15, 0.2) is 0 Å². The molecule has 1 nitrogen and oxygen atoms in total. The molecule has 0 amide bonds. The Hall–Kier alpha value is -0.600. The standard InChI is InChI=1S/C14H19ClFN/c1-2-17-10-14(6-3-7-14)9-11-4-5-12(16)8-13(11)15/h4-5,8,17H,2-3,6-7,9-10H2,1H3. The summed E-state index contributed by atoms with van der Waals surface area (Å²) in [4.78, 5) is 0. The largest absolute Gasteiger partial charge is 0.316 e. The quantitative estimate of drug-likeness (QED) is 0.844. The molecule has 0 atom stereocenters. The molecule has 0 aromatic heterocycles. The zero-order valence-corrected chi connectivity index (χ0v) is 11.0. The lowest BCUT2D eigenvalue weighted by Gasteiger charge is -2.42. The van der Waals surface area contributed by atoms with Crippen LogP contribution < -0.4 is 5.32 Å². The van der Waals surface area contributed by atoms with E-state index >= 15 is 0 Å². The zero-order valence-electron chi connectivity index (χ0n) is 10.2. The van der Waals surface area contributed by atoms with Gasteiger partial charge in [-0.1, -0.05) is 31.0 Å². The van der Waals surface area contributed by atoms with E-state index < -0.39 is 0 Å². The Morgan fingerprint density at radius 3 is 2.71 bits per heavy atom. The minimum Gasteiger partial charge on any atom is -0.316 e. The molecular formula is C14H19ClFN. The summed E-state index contributed by atoms with van der Waals surface area (Å²) in [6.45, 7) is 4.16. The summed E-state index contributed by atoms with van der Waals surface area (Å²) in [5, 5.41) is 3.99. The molecule has 0 spiro atoms. The van der Waals surface area contributed by atoms with Crippen molar-refractivity contribution in [3.63, 3.8) is 0 Å². The second-order valence-electron chi connectivity index (χ2n) is 5.05. The summed E-state index contributed by atoms with van der Waals surface area (Å²) in [5.41, 5.74) is 1.42. The second-order valence-corrected chi connectivity index (χ2v) is 5.45. The van der Waals surface area contributed by atoms with Gasteiger partial charge in [0.05, 0.1) is 0 Å². The second kappa shape index (κ2) is 5.36. The molecule has 17 heavy (non-hydrogen) atoms. The first-order valence-corrected chi connectivity index (χ1v) is 6.68. The molecule has 0 radical (unpaired) electrons. The summed E-state index contributed by atoms with van der Waals surface area (Å²) in [5.74, 6) is -0.256. The third-order valence-electron chi connectivity index (χ3n) is 3.74. The molecule has 2 rings (SSSR count). The Bertz CT molecular complexity index is 388. The van der Waals surface area contributed by atoms with Gasteiger partial charge in [0.25, 0.3) is 0 Å². The van der Waals surface area contributed by atoms with E-state index in [0.29, 0.717) is 10.4 Å². The molecule has 0 saturated heterocycles. The van der Waals surface area contributed by atoms with Gasteiger partial charge in [-0.2, -0.15) is 0 Å². The highest BCUT2D eigenvalue weighted by atomic mass is 35.5. The van der Waals surface area contributed by atoms with Crippen LogP contribution in [0.15, 0.2) is 18.2 Å². The van der Waals surface area contributed by atoms with Crippen LogP contribution >= 0.6 is 11.6 Å². The highest BCUT2D eigenvalue weighted by Crippen LogP contribution is 2.44. The third kappa shape index (κ3) is 2.99. The molecule has 1 aromatic carbocycles. The van der Waals surface area contributed by atoms with Gasteiger partial charge in [-0.3, -0.25) is 0 Å². The first kappa shape index (κ1) is 12.8. The Kier molecular flexibility index (Phi) is 4.05. The van der Waals surface area contributed by atoms with Crippen LogP contribution in [0.4, 0.5) is 4.39 Å². The van der Waals surface area contributed by atoms with Gasteiger partial charge in [-0.15, -0.1) is 0 Å². The van der Waals surface area contributed by atoms with Gasteiger partial charge >= 0.3 is 0 Å². The summed E-state index contributed by atoms with van der Waals surface area (Å²) >= 11 is 6.09. The summed E-state index contributed by atoms with van der Waals surface area (Å²) < 4.78 is 13.0. The molecule has 1 saturated carbocycles. The predicted molar refractivity (Wildman–Crippen MR) is 69.9 cm³/mol. The molecule has 0 heterocycles. The van der Waals surface area contributed by atoms with Gasteiger partial charge in [0, 0.05) is 11.6 Å². The maximum absolute atomic E-state index is 13.0. The van der Waals surface area contributed by atoms with Crippen molar-refractivity contribution >= 4 is 11.6 Å². The normalized spacial score (nSPS) is 17.8. The minimum absolute atomic E-state index is 0.256. The van der Waals surface area contributed by atoms with Crippen LogP contribution in [0, 0.1) is 11.2 Å². The Morgan fingerprint density at radius 2 is 2.18 bits per heavy atom. The molecule has 0 bridgehead atoms. The van der Waals surface area contributed by atoms with Crippen molar-refractivity contribution < 1.29 is 4.39 Å². The third-order valence-corrected chi connectivity index (χ3v) is 4.10. The molecule has 1 N–H and O–H groups in total. The SMILES string of the molecule is CCNCC1(Cc2ccc(F)cc2Cl)CCC1. The van der Waals surface area contributed by atoms with Gasteiger partial charge in [-0.05, 0) is 48.9 Å². The lowest BCUT2D eigenvalue weighted by Crippen LogP contribution is -2.41. The molecule has 0 aliphatic heterocycles. The van der Waals surface area contributed by atoms with Crippen LogP contribution in [0.1, 0.15) is 31.7 Å². The van der Waals surface area contributed by atoms with Crippen molar-refractivity contribution in [2.24, 2.45) is 5.41 Å². The molecular weight excluding hydrogens is 237 g/mol. The van der Waals surface area contributed by atoms with Crippen LogP contribution in [-0.4, -0.2) is 13.1 Å². The van der Waals surface area contributed by atoms with Gasteiger partial charge in [0.2, 0.25) is 0 Å². The lowest BCUT2D eigenvalue weighted by atomic mass is 9.65. The van der Waals surface area contributed by atoms with E-state index in [1.807, 2.05) is 6.07 Å². The molecule has 1 aliphatic carbocycles. The predicted octanol–water partition coefficient (Wildman–Crippen LogP) is 3.80. The van der Waals surface area contributed by atoms with Crippen molar-refractivity contribution in [3.8, 4) is 0 Å². The molecule has 0 unspecified atom stereocenters. The Morgan fingerprint density at radius 1 is 1.41 bits per heavy atom. The number of halogens is 2. The number of hydrogen-bond donors (Lipinski definition) is 1. The fraction of sp³-hybridized carbons (Fsp3) is 0.571. The summed E-state index contributed by atoms with van der Waals surface area (Å²) in [6.07, 6.45) is 4.74. The van der Waals surface area contributed by atoms with E-state index in [-0.39, 0.29) is 5.82 Å². The molecule has 1 fully saturated rings. The summed E-state index contributed by atoms with van der Waals surface area (Å²) in [6, 6.07) is 4.74. The van der Waals surface area contributed by atoms with Crippen molar-refractivity contribution in [1.82, 2.24) is 5.32 Å². The summed E-state index contributed by atoms with van der Waals surface area (Å²) in [7, 11) is 0. The molecule has 94 valence electrons. The van der Waals surface area contributed by atoms with Crippen molar-refractivity contribution in [1.29, 1.82) is 0 Å². The van der Waals surface area contributed by atoms with Crippen LogP contribution in [0.2, 0.25) is 5.02 Å². The van der Waals surface area contributed by atoms with Gasteiger partial charge in [-0.25, -0.2) is 4.39 Å². The molecule has 3 heteroatoms. The van der Waals surface area contributed by atoms with E-state index in [1.165, 1.54) is 31.4 Å². The topological polar surface area (TPSA) is 12.0 Å². The van der Waals surface area contributed by atoms with Gasteiger partial charge < -0.3 is 5.32 Å². The zero-order chi connectivity index (χ0) is 12.3. The fourth-order valence-corrected chi connectivity index (χ4v) is 2.79. The fourth-order valence-electron chi connectivity index (χ4n) is 2.55. The monoisotopic (exact) mass is 255 g/mol. The highest BCUT2D eigenvalue weighted by molar-refractivity contribution is 6.31. The van der Waals surface area contributed by atoms with E-state index in [2.05, 4.69) is 12.2 Å². The molecule has 1 aliphatic rings. The number of rotatable bonds is 5. The van der Waals surface area contributed by atoms with E-state index in [1.54, 1.807) is 0 Å². The lowest BCUT2D eigenvalue weighted by molar-refractivity contribution is 0.131. The number of benzene rings is 1. The van der Waals surface area contributed by atoms with Crippen LogP contribution in [0.25, 0.3) is 0 Å². The van der Waals surface area contributed by atoms with Crippen LogP contribution in [-0.2, 0) is 6.42 Å². The maximum Gasteiger partial charge on any atom is 0.124 e. The molecule has 1 aromatic rings. The van der Waals surface area contributed by atoms with Gasteiger partial charge in [0.1, 0.15) is 5.82 Å². The van der Waals surface area contributed by atoms with Crippen LogP contribution in [0.3, 0.4) is 0 Å². The average Bonchev–Trinajstić information content (AvgIpc) is 2.25. The van der Waals surface area contributed by atoms with Crippen LogP contribution in [0.5, 0.6) is 0 Å². The Balaban J connectivity index is 2.07. The average molecular weight is 256 g/mol. The first-order chi connectivity index (χ1) is 8.15. The number of nitrogens with one attached hydrogen (secondary N) is 1. The van der Waals surface area contributed by atoms with Crippen molar-refractivity contribution in [3.05, 3.63) is 34.6 Å². The number of hydrogen-bond acceptors (Lipinski definition) is 1. The van der Waals surface area contributed by atoms with Crippen molar-refractivity contribution in [2.75, 3.05) is 13.1 Å². The first-order valence-electron chi connectivity index (χ1n) is 6.30. The van der Waals surface area contributed by atoms with E-state index in [0.717, 1.165) is 25.1 Å². The highest BCUT2D eigenvalue weighted by Gasteiger charge is 2.36.